The number of hydroxylamine groups is 1. The monoisotopic (exact) mass is 435 g/mol. The smallest absolute Gasteiger partial charge is 0.269 e. The molecule has 1 aliphatic heterocycles. The number of rotatable bonds is 6. The van der Waals surface area contributed by atoms with E-state index in [4.69, 9.17) is 10.3 Å². The van der Waals surface area contributed by atoms with Gasteiger partial charge in [0.05, 0.1) is 12.9 Å². The maximum Gasteiger partial charge on any atom is 0.269 e. The minimum atomic E-state index is -3.57. The summed E-state index contributed by atoms with van der Waals surface area (Å²) in [6.07, 6.45) is 1.28. The van der Waals surface area contributed by atoms with E-state index < -0.39 is 46.6 Å². The van der Waals surface area contributed by atoms with Crippen molar-refractivity contribution in [3.8, 4) is 23.7 Å². The van der Waals surface area contributed by atoms with Crippen LogP contribution in [-0.4, -0.2) is 77.6 Å². The second kappa shape index (κ2) is 9.71. The number of hydrogen-bond acceptors (Lipinski definition) is 7. The minimum absolute atomic E-state index is 0.0464. The van der Waals surface area contributed by atoms with Crippen LogP contribution in [-0.2, 0) is 14.8 Å². The van der Waals surface area contributed by atoms with Crippen molar-refractivity contribution in [1.29, 1.82) is 0 Å². The minimum Gasteiger partial charge on any atom is -0.395 e. The zero-order chi connectivity index (χ0) is 22.4. The van der Waals surface area contributed by atoms with E-state index in [-0.39, 0.29) is 12.2 Å². The van der Waals surface area contributed by atoms with Gasteiger partial charge in [-0.25, -0.2) is 13.9 Å². The number of aliphatic hydroxyl groups is 2. The molecule has 0 saturated carbocycles. The third-order valence-electron chi connectivity index (χ3n) is 4.30. The molecule has 1 heterocycles. The summed E-state index contributed by atoms with van der Waals surface area (Å²) in [5.41, 5.74) is 0.235. The fourth-order valence-electron chi connectivity index (χ4n) is 2.68. The molecule has 1 aromatic rings. The molecule has 0 aliphatic carbocycles. The summed E-state index contributed by atoms with van der Waals surface area (Å²) in [4.78, 5) is 24.5. The number of hydrogen-bond donors (Lipinski definition) is 5. The van der Waals surface area contributed by atoms with Crippen molar-refractivity contribution >= 4 is 21.8 Å². The van der Waals surface area contributed by atoms with Gasteiger partial charge >= 0.3 is 0 Å². The van der Waals surface area contributed by atoms with Crippen LogP contribution < -0.4 is 10.8 Å². The summed E-state index contributed by atoms with van der Waals surface area (Å²) >= 11 is 0. The van der Waals surface area contributed by atoms with Crippen molar-refractivity contribution in [2.75, 3.05) is 26.0 Å². The molecule has 1 aromatic carbocycles. The lowest BCUT2D eigenvalue weighted by atomic mass is 9.87. The van der Waals surface area contributed by atoms with Crippen molar-refractivity contribution in [2.45, 2.75) is 18.1 Å². The van der Waals surface area contributed by atoms with Gasteiger partial charge in [-0.2, -0.15) is 4.31 Å². The maximum absolute atomic E-state index is 12.5. The van der Waals surface area contributed by atoms with E-state index in [1.54, 1.807) is 12.1 Å². The first-order valence-corrected chi connectivity index (χ1v) is 10.6. The van der Waals surface area contributed by atoms with Crippen LogP contribution in [0.25, 0.3) is 0 Å². The van der Waals surface area contributed by atoms with Crippen molar-refractivity contribution in [3.63, 3.8) is 0 Å². The van der Waals surface area contributed by atoms with Gasteiger partial charge in [0.2, 0.25) is 10.0 Å². The first kappa shape index (κ1) is 23.3. The van der Waals surface area contributed by atoms with Crippen molar-refractivity contribution < 1.29 is 33.4 Å². The second-order valence-electron chi connectivity index (χ2n) is 6.62. The predicted octanol–water partition coefficient (Wildman–Crippen LogP) is -1.97. The van der Waals surface area contributed by atoms with Gasteiger partial charge in [-0.1, -0.05) is 11.8 Å². The maximum atomic E-state index is 12.5. The molecular formula is C19H21N3O7S. The van der Waals surface area contributed by atoms with E-state index in [9.17, 15) is 23.1 Å². The predicted molar refractivity (Wildman–Crippen MR) is 105 cm³/mol. The van der Waals surface area contributed by atoms with Gasteiger partial charge in [-0.15, -0.1) is 0 Å². The molecule has 1 saturated heterocycles. The Morgan fingerprint density at radius 1 is 1.23 bits per heavy atom. The Morgan fingerprint density at radius 3 is 2.40 bits per heavy atom. The Balaban J connectivity index is 2.10. The number of β-amino-alcohol motifs (C(OH)–C–C–N with tert-alkyl or cyclic N) is 1. The van der Waals surface area contributed by atoms with Crippen molar-refractivity contribution in [1.82, 2.24) is 15.1 Å². The van der Waals surface area contributed by atoms with Crippen LogP contribution in [0.3, 0.4) is 0 Å². The van der Waals surface area contributed by atoms with E-state index in [2.05, 4.69) is 29.0 Å². The Morgan fingerprint density at radius 2 is 1.87 bits per heavy atom. The number of benzene rings is 1. The largest absolute Gasteiger partial charge is 0.395 e. The molecule has 10 nitrogen and oxygen atoms in total. The van der Waals surface area contributed by atoms with Gasteiger partial charge in [0.25, 0.3) is 11.8 Å². The van der Waals surface area contributed by atoms with Crippen molar-refractivity contribution in [2.24, 2.45) is 0 Å². The summed E-state index contributed by atoms with van der Waals surface area (Å²) in [7, 11) is -3.57. The lowest BCUT2D eigenvalue weighted by Crippen LogP contribution is -2.74. The zero-order valence-corrected chi connectivity index (χ0v) is 16.9. The average molecular weight is 435 g/mol. The van der Waals surface area contributed by atoms with E-state index in [0.717, 1.165) is 10.6 Å². The van der Waals surface area contributed by atoms with E-state index >= 15 is 0 Å². The Kier molecular flexibility index (Phi) is 7.56. The van der Waals surface area contributed by atoms with Gasteiger partial charge in [-0.3, -0.25) is 14.8 Å². The van der Waals surface area contributed by atoms with Gasteiger partial charge in [0.1, 0.15) is 11.6 Å². The average Bonchev–Trinajstić information content (AvgIpc) is 2.68. The van der Waals surface area contributed by atoms with Crippen LogP contribution in [0.1, 0.15) is 22.3 Å². The molecule has 1 atom stereocenters. The standard InChI is InChI=1S/C19H21N3O7S/c1-30(28,29)22-12-19(26,13-22)16(18(25)21-27)20-17(24)15-9-7-14(8-10-15)6-4-2-3-5-11-23/h7-10,16,23,26-27H,5,11-13H2,1H3,(H,20,24)(H,21,25). The molecule has 1 unspecified atom stereocenters. The lowest BCUT2D eigenvalue weighted by Gasteiger charge is -2.48. The highest BCUT2D eigenvalue weighted by Crippen LogP contribution is 2.27. The second-order valence-corrected chi connectivity index (χ2v) is 8.60. The van der Waals surface area contributed by atoms with Crippen molar-refractivity contribution in [3.05, 3.63) is 35.4 Å². The number of amides is 2. The number of carbonyl (C=O) groups is 2. The molecule has 0 spiro atoms. The summed E-state index contributed by atoms with van der Waals surface area (Å²) in [6.45, 7) is -0.860. The SMILES string of the molecule is CS(=O)(=O)N1CC(O)(C(NC(=O)c2ccc(C#CC#CCCO)cc2)C(=O)NO)C1. The molecule has 0 bridgehead atoms. The molecular weight excluding hydrogens is 414 g/mol. The number of nitrogens with one attached hydrogen (secondary N) is 2. The highest BCUT2D eigenvalue weighted by atomic mass is 32.2. The van der Waals surface area contributed by atoms with Gasteiger partial charge in [-0.05, 0) is 36.1 Å². The Labute approximate surface area is 173 Å². The van der Waals surface area contributed by atoms with E-state index in [1.807, 2.05) is 0 Å². The molecule has 160 valence electrons. The topological polar surface area (TPSA) is 156 Å². The first-order valence-electron chi connectivity index (χ1n) is 8.73. The summed E-state index contributed by atoms with van der Waals surface area (Å²) in [5, 5.41) is 30.4. The van der Waals surface area contributed by atoms with Crippen LogP contribution in [0, 0.1) is 23.7 Å². The van der Waals surface area contributed by atoms with Crippen LogP contribution in [0.5, 0.6) is 0 Å². The molecule has 1 fully saturated rings. The molecule has 1 aliphatic rings. The van der Waals surface area contributed by atoms with E-state index in [0.29, 0.717) is 12.0 Å². The molecule has 0 radical (unpaired) electrons. The highest BCUT2D eigenvalue weighted by molar-refractivity contribution is 7.88. The number of sulfonamides is 1. The van der Waals surface area contributed by atoms with Crippen LogP contribution in [0.2, 0.25) is 0 Å². The number of aliphatic hydroxyl groups excluding tert-OH is 1. The molecule has 2 rings (SSSR count). The Hall–Kier alpha value is -2.93. The molecule has 0 aromatic heterocycles. The summed E-state index contributed by atoms with van der Waals surface area (Å²) in [5.74, 6) is 8.79. The normalized spacial score (nSPS) is 16.0. The van der Waals surface area contributed by atoms with Gasteiger partial charge in [0.15, 0.2) is 0 Å². The summed E-state index contributed by atoms with van der Waals surface area (Å²) < 4.78 is 24.0. The van der Waals surface area contributed by atoms with Gasteiger partial charge in [0, 0.05) is 30.6 Å². The fraction of sp³-hybridized carbons (Fsp3) is 0.368. The third-order valence-corrected chi connectivity index (χ3v) is 5.49. The number of carbonyl (C=O) groups excluding carboxylic acids is 2. The third kappa shape index (κ3) is 5.79. The molecule has 11 heteroatoms. The molecule has 2 amide bonds. The van der Waals surface area contributed by atoms with Crippen LogP contribution >= 0.6 is 0 Å². The van der Waals surface area contributed by atoms with Crippen LogP contribution in [0.4, 0.5) is 0 Å². The van der Waals surface area contributed by atoms with Gasteiger partial charge < -0.3 is 15.5 Å². The summed E-state index contributed by atoms with van der Waals surface area (Å²) in [6, 6.07) is 4.43. The number of nitrogens with zero attached hydrogens (tertiary/aromatic N) is 1. The highest BCUT2D eigenvalue weighted by Gasteiger charge is 2.54. The molecule has 30 heavy (non-hydrogen) atoms. The quantitative estimate of drug-likeness (QED) is 0.197. The van der Waals surface area contributed by atoms with E-state index in [1.165, 1.54) is 17.6 Å². The first-order chi connectivity index (χ1) is 14.1. The Bertz CT molecular complexity index is 1020. The fourth-order valence-corrected chi connectivity index (χ4v) is 3.59. The zero-order valence-electron chi connectivity index (χ0n) is 16.0. The van der Waals surface area contributed by atoms with Crippen LogP contribution in [0.15, 0.2) is 24.3 Å². The molecule has 5 N–H and O–H groups in total. The lowest BCUT2D eigenvalue weighted by molar-refractivity contribution is -0.146.